The third-order valence-electron chi connectivity index (χ3n) is 1.74. The van der Waals surface area contributed by atoms with Crippen LogP contribution in [-0.2, 0) is 4.74 Å². The highest BCUT2D eigenvalue weighted by atomic mass is 19.4. The molecule has 2 atom stereocenters. The van der Waals surface area contributed by atoms with E-state index in [2.05, 4.69) is 4.74 Å². The lowest BCUT2D eigenvalue weighted by molar-refractivity contribution is -0.400. The van der Waals surface area contributed by atoms with Crippen LogP contribution >= 0.6 is 0 Å². The summed E-state index contributed by atoms with van der Waals surface area (Å²) in [4.78, 5) is 0. The Morgan fingerprint density at radius 2 is 1.53 bits per heavy atom. The van der Waals surface area contributed by atoms with E-state index in [0.29, 0.717) is 6.92 Å². The van der Waals surface area contributed by atoms with Crippen molar-refractivity contribution in [1.29, 1.82) is 0 Å². The van der Waals surface area contributed by atoms with Gasteiger partial charge in [-0.05, 0) is 13.8 Å². The first-order chi connectivity index (χ1) is 6.48. The van der Waals surface area contributed by atoms with Gasteiger partial charge >= 0.3 is 18.0 Å². The van der Waals surface area contributed by atoms with Gasteiger partial charge < -0.3 is 9.84 Å². The van der Waals surface area contributed by atoms with E-state index in [1.165, 1.54) is 6.92 Å². The summed E-state index contributed by atoms with van der Waals surface area (Å²) in [5.41, 5.74) is 0. The normalized spacial score (nSPS) is 19.8. The molecule has 2 nitrogen and oxygen atoms in total. The van der Waals surface area contributed by atoms with Crippen molar-refractivity contribution in [3.8, 4) is 0 Å². The van der Waals surface area contributed by atoms with E-state index in [1.54, 1.807) is 0 Å². The molecule has 0 aromatic heterocycles. The lowest BCUT2D eigenvalue weighted by Crippen LogP contribution is -2.60. The number of ether oxygens (including phenoxy) is 1. The summed E-state index contributed by atoms with van der Waals surface area (Å²) in [6.07, 6.45) is -8.47. The quantitative estimate of drug-likeness (QED) is 0.764. The first-order valence-corrected chi connectivity index (χ1v) is 3.96. The van der Waals surface area contributed by atoms with Gasteiger partial charge in [0.15, 0.2) is 0 Å². The number of aliphatic hydroxyl groups is 1. The zero-order chi connectivity index (χ0) is 12.5. The van der Waals surface area contributed by atoms with Crippen LogP contribution in [0, 0.1) is 0 Å². The number of alkyl halides is 6. The van der Waals surface area contributed by atoms with E-state index in [4.69, 9.17) is 5.11 Å². The van der Waals surface area contributed by atoms with Crippen LogP contribution in [-0.4, -0.2) is 35.8 Å². The van der Waals surface area contributed by atoms with Gasteiger partial charge in [0.2, 0.25) is 0 Å². The molecule has 0 radical (unpaired) electrons. The zero-order valence-electron chi connectivity index (χ0n) is 7.91. The van der Waals surface area contributed by atoms with Crippen LogP contribution in [0.15, 0.2) is 0 Å². The molecule has 0 saturated carbocycles. The number of halogens is 6. The Labute approximate surface area is 81.8 Å². The van der Waals surface area contributed by atoms with Gasteiger partial charge in [-0.3, -0.25) is 0 Å². The molecule has 0 bridgehead atoms. The van der Waals surface area contributed by atoms with Gasteiger partial charge in [0.1, 0.15) is 6.10 Å². The Hall–Kier alpha value is -0.500. The Balaban J connectivity index is 5.00. The molecule has 15 heavy (non-hydrogen) atoms. The maximum atomic E-state index is 12.8. The fourth-order valence-corrected chi connectivity index (χ4v) is 0.813. The Morgan fingerprint density at radius 3 is 1.80 bits per heavy atom. The summed E-state index contributed by atoms with van der Waals surface area (Å²) in [6.45, 7) is 1.46. The van der Waals surface area contributed by atoms with Gasteiger partial charge in [0, 0.05) is 6.61 Å². The molecule has 0 heterocycles. The second-order valence-corrected chi connectivity index (χ2v) is 2.84. The molecule has 0 amide bonds. The van der Waals surface area contributed by atoms with E-state index in [-0.39, 0.29) is 6.61 Å². The van der Waals surface area contributed by atoms with Crippen molar-refractivity contribution in [2.45, 2.75) is 37.9 Å². The van der Waals surface area contributed by atoms with Gasteiger partial charge in [-0.25, -0.2) is 0 Å². The summed E-state index contributed by atoms with van der Waals surface area (Å²) in [7, 11) is 0. The van der Waals surface area contributed by atoms with E-state index in [1.807, 2.05) is 0 Å². The van der Waals surface area contributed by atoms with Gasteiger partial charge in [-0.1, -0.05) is 0 Å². The number of hydrogen-bond acceptors (Lipinski definition) is 2. The predicted octanol–water partition coefficient (Wildman–Crippen LogP) is 2.27. The van der Waals surface area contributed by atoms with Crippen LogP contribution < -0.4 is 0 Å². The van der Waals surface area contributed by atoms with Gasteiger partial charge in [-0.15, -0.1) is 0 Å². The molecule has 1 N–H and O–H groups in total. The van der Waals surface area contributed by atoms with E-state index >= 15 is 0 Å². The minimum Gasteiger partial charge on any atom is -0.372 e. The van der Waals surface area contributed by atoms with Crippen LogP contribution in [0.5, 0.6) is 0 Å². The van der Waals surface area contributed by atoms with E-state index in [0.717, 1.165) is 0 Å². The average molecular weight is 240 g/mol. The second kappa shape index (κ2) is 4.17. The maximum absolute atomic E-state index is 12.8. The monoisotopic (exact) mass is 240 g/mol. The zero-order valence-corrected chi connectivity index (χ0v) is 7.91. The molecule has 0 saturated heterocycles. The van der Waals surface area contributed by atoms with Crippen molar-refractivity contribution in [3.63, 3.8) is 0 Å². The van der Waals surface area contributed by atoms with Crippen LogP contribution in [0.4, 0.5) is 26.3 Å². The van der Waals surface area contributed by atoms with Crippen molar-refractivity contribution < 1.29 is 36.2 Å². The predicted molar refractivity (Wildman–Crippen MR) is 38.1 cm³/mol. The molecule has 0 aliphatic heterocycles. The largest absolute Gasteiger partial charge is 0.454 e. The van der Waals surface area contributed by atoms with Gasteiger partial charge in [-0.2, -0.15) is 26.3 Å². The summed E-state index contributed by atoms with van der Waals surface area (Å²) in [5, 5.41) is 8.15. The highest BCUT2D eigenvalue weighted by Crippen LogP contribution is 2.45. The Kier molecular flexibility index (Phi) is 4.03. The Bertz CT molecular complexity index is 212. The lowest BCUT2D eigenvalue weighted by atomic mass is 10.1. The third kappa shape index (κ3) is 2.54. The average Bonchev–Trinajstić information content (AvgIpc) is 2.02. The van der Waals surface area contributed by atoms with Crippen molar-refractivity contribution in [1.82, 2.24) is 0 Å². The molecule has 0 aromatic carbocycles. The van der Waals surface area contributed by atoms with Crippen LogP contribution in [0.3, 0.4) is 0 Å². The van der Waals surface area contributed by atoms with Crippen LogP contribution in [0.1, 0.15) is 13.8 Å². The van der Waals surface area contributed by atoms with Crippen molar-refractivity contribution >= 4 is 0 Å². The number of rotatable bonds is 4. The molecule has 2 unspecified atom stereocenters. The molecule has 0 rings (SSSR count). The summed E-state index contributed by atoms with van der Waals surface area (Å²) >= 11 is 0. The summed E-state index contributed by atoms with van der Waals surface area (Å²) in [6, 6.07) is 0. The van der Waals surface area contributed by atoms with E-state index in [9.17, 15) is 26.3 Å². The fourth-order valence-electron chi connectivity index (χ4n) is 0.813. The van der Waals surface area contributed by atoms with Gasteiger partial charge in [0.25, 0.3) is 0 Å². The van der Waals surface area contributed by atoms with Crippen molar-refractivity contribution in [2.75, 3.05) is 6.61 Å². The van der Waals surface area contributed by atoms with Crippen LogP contribution in [0.25, 0.3) is 0 Å². The topological polar surface area (TPSA) is 29.5 Å². The lowest BCUT2D eigenvalue weighted by Gasteiger charge is -2.33. The third-order valence-corrected chi connectivity index (χ3v) is 1.74. The standard InChI is InChI=1S/C7H10F6O2/c1-3-15-4(2)5(8,9)6(10,14)7(11,12)13/h4,14H,3H2,1-2H3. The first-order valence-electron chi connectivity index (χ1n) is 3.96. The first kappa shape index (κ1) is 14.5. The van der Waals surface area contributed by atoms with Crippen molar-refractivity contribution in [2.24, 2.45) is 0 Å². The molecule has 0 aromatic rings. The Morgan fingerprint density at radius 1 is 1.13 bits per heavy atom. The second-order valence-electron chi connectivity index (χ2n) is 2.84. The minimum atomic E-state index is -6.08. The molecular formula is C7H10F6O2. The molecule has 0 aliphatic rings. The maximum Gasteiger partial charge on any atom is 0.454 e. The van der Waals surface area contributed by atoms with Gasteiger partial charge in [0.05, 0.1) is 0 Å². The SMILES string of the molecule is CCOC(C)C(F)(F)C(O)(F)C(F)(F)F. The van der Waals surface area contributed by atoms with E-state index < -0.39 is 24.1 Å². The molecule has 0 spiro atoms. The number of hydrogen-bond donors (Lipinski definition) is 1. The van der Waals surface area contributed by atoms with Crippen molar-refractivity contribution in [3.05, 3.63) is 0 Å². The molecule has 0 aliphatic carbocycles. The molecule has 0 fully saturated rings. The summed E-state index contributed by atoms with van der Waals surface area (Å²) < 4.78 is 77.6. The fraction of sp³-hybridized carbons (Fsp3) is 1.00. The molecular weight excluding hydrogens is 230 g/mol. The molecule has 8 heteroatoms. The highest BCUT2D eigenvalue weighted by molar-refractivity contribution is 4.94. The van der Waals surface area contributed by atoms with Crippen LogP contribution in [0.2, 0.25) is 0 Å². The smallest absolute Gasteiger partial charge is 0.372 e. The highest BCUT2D eigenvalue weighted by Gasteiger charge is 2.73. The molecule has 92 valence electrons. The summed E-state index contributed by atoms with van der Waals surface area (Å²) in [5.74, 6) is -10.7. The minimum absolute atomic E-state index is 0.329.